The van der Waals surface area contributed by atoms with E-state index < -0.39 is 29.3 Å². The van der Waals surface area contributed by atoms with E-state index >= 15 is 0 Å². The molecule has 34 heavy (non-hydrogen) atoms. The summed E-state index contributed by atoms with van der Waals surface area (Å²) >= 11 is 6.32. The normalized spacial score (nSPS) is 17.0. The minimum Gasteiger partial charge on any atom is -0.507 e. The van der Waals surface area contributed by atoms with Crippen LogP contribution in [0.2, 0.25) is 5.02 Å². The Morgan fingerprint density at radius 1 is 1.12 bits per heavy atom. The molecule has 1 fully saturated rings. The van der Waals surface area contributed by atoms with Crippen LogP contribution in [0.3, 0.4) is 0 Å². The molecule has 0 aliphatic carbocycles. The van der Waals surface area contributed by atoms with E-state index in [-0.39, 0.29) is 16.2 Å². The van der Waals surface area contributed by atoms with Crippen molar-refractivity contribution in [2.24, 2.45) is 0 Å². The number of ether oxygens (including phenoxy) is 1. The van der Waals surface area contributed by atoms with Crippen molar-refractivity contribution in [3.05, 3.63) is 99.8 Å². The number of aliphatic hydroxyl groups is 1. The second-order valence-corrected chi connectivity index (χ2v) is 7.86. The number of amides is 1. The van der Waals surface area contributed by atoms with Crippen LogP contribution in [0, 0.1) is 17.1 Å². The van der Waals surface area contributed by atoms with Crippen molar-refractivity contribution in [3.63, 3.8) is 0 Å². The largest absolute Gasteiger partial charge is 0.507 e. The molecule has 8 heteroatoms. The van der Waals surface area contributed by atoms with Crippen molar-refractivity contribution < 1.29 is 23.8 Å². The van der Waals surface area contributed by atoms with Crippen LogP contribution in [-0.2, 0) is 9.59 Å². The van der Waals surface area contributed by atoms with E-state index in [1.807, 2.05) is 6.07 Å². The summed E-state index contributed by atoms with van der Waals surface area (Å²) in [6, 6.07) is 16.9. The van der Waals surface area contributed by atoms with Gasteiger partial charge in [0.1, 0.15) is 17.3 Å². The van der Waals surface area contributed by atoms with Gasteiger partial charge in [-0.15, -0.1) is 0 Å². The Kier molecular flexibility index (Phi) is 6.35. The number of rotatable bonds is 5. The quantitative estimate of drug-likeness (QED) is 0.303. The zero-order chi connectivity index (χ0) is 24.4. The molecule has 1 saturated heterocycles. The lowest BCUT2D eigenvalue weighted by Crippen LogP contribution is -2.29. The maximum absolute atomic E-state index is 13.7. The number of benzene rings is 3. The van der Waals surface area contributed by atoms with Gasteiger partial charge in [-0.2, -0.15) is 5.26 Å². The van der Waals surface area contributed by atoms with Gasteiger partial charge in [0.25, 0.3) is 11.7 Å². The molecule has 0 saturated carbocycles. The van der Waals surface area contributed by atoms with Gasteiger partial charge < -0.3 is 9.84 Å². The van der Waals surface area contributed by atoms with E-state index in [4.69, 9.17) is 21.6 Å². The Hall–Kier alpha value is -4.15. The molecule has 1 aliphatic rings. The molecule has 3 aromatic rings. The predicted octanol–water partition coefficient (Wildman–Crippen LogP) is 5.38. The minimum atomic E-state index is -1.06. The molecule has 6 nitrogen and oxygen atoms in total. The first-order chi connectivity index (χ1) is 16.3. The van der Waals surface area contributed by atoms with Crippen LogP contribution in [0.4, 0.5) is 10.1 Å². The van der Waals surface area contributed by atoms with E-state index in [9.17, 15) is 19.1 Å². The lowest BCUT2D eigenvalue weighted by molar-refractivity contribution is -0.132. The van der Waals surface area contributed by atoms with Crippen LogP contribution >= 0.6 is 11.6 Å². The Morgan fingerprint density at radius 2 is 1.79 bits per heavy atom. The zero-order valence-electron chi connectivity index (χ0n) is 18.0. The van der Waals surface area contributed by atoms with Gasteiger partial charge in [0, 0.05) is 11.3 Å². The number of carbonyl (C=O) groups is 2. The first-order valence-electron chi connectivity index (χ1n) is 10.3. The second kappa shape index (κ2) is 9.38. The van der Waals surface area contributed by atoms with Gasteiger partial charge in [-0.05, 0) is 67.1 Å². The average Bonchev–Trinajstić information content (AvgIpc) is 3.11. The summed E-state index contributed by atoms with van der Waals surface area (Å²) < 4.78 is 19.1. The smallest absolute Gasteiger partial charge is 0.300 e. The van der Waals surface area contributed by atoms with Gasteiger partial charge in [0.05, 0.1) is 34.9 Å². The fourth-order valence-corrected chi connectivity index (χ4v) is 4.05. The highest BCUT2D eigenvalue weighted by molar-refractivity contribution is 6.52. The molecular formula is C26H18ClFN2O4. The van der Waals surface area contributed by atoms with E-state index in [1.54, 1.807) is 13.0 Å². The van der Waals surface area contributed by atoms with Crippen LogP contribution < -0.4 is 9.64 Å². The molecule has 170 valence electrons. The first-order valence-corrected chi connectivity index (χ1v) is 10.7. The molecule has 1 atom stereocenters. The van der Waals surface area contributed by atoms with Crippen molar-refractivity contribution >= 4 is 34.7 Å². The molecule has 3 aromatic carbocycles. The number of ketones is 1. The molecule has 0 radical (unpaired) electrons. The van der Waals surface area contributed by atoms with Crippen LogP contribution in [-0.4, -0.2) is 23.4 Å². The van der Waals surface area contributed by atoms with Gasteiger partial charge in [-0.1, -0.05) is 23.7 Å². The number of Topliss-reactive ketones (excluding diaryl/α,β-unsaturated/α-hetero) is 1. The van der Waals surface area contributed by atoms with Crippen molar-refractivity contribution in [2.75, 3.05) is 11.5 Å². The van der Waals surface area contributed by atoms with Crippen LogP contribution in [0.15, 0.2) is 72.3 Å². The standard InChI is InChI=1S/C26H18ClFN2O4/c1-2-34-19-11-12-21(27)20(13-19)24(31)22-23(16-5-7-17(28)8-6-16)30(26(33)25(22)32)18-9-3-15(14-29)4-10-18/h3-13,23,31H,2H2,1H3/b24-22+. The van der Waals surface area contributed by atoms with Crippen molar-refractivity contribution in [1.29, 1.82) is 5.26 Å². The zero-order valence-corrected chi connectivity index (χ0v) is 18.7. The fraction of sp³-hybridized carbons (Fsp3) is 0.115. The van der Waals surface area contributed by atoms with Crippen molar-refractivity contribution in [3.8, 4) is 11.8 Å². The van der Waals surface area contributed by atoms with Crippen molar-refractivity contribution in [1.82, 2.24) is 0 Å². The summed E-state index contributed by atoms with van der Waals surface area (Å²) in [6.45, 7) is 2.17. The molecule has 1 unspecified atom stereocenters. The highest BCUT2D eigenvalue weighted by Crippen LogP contribution is 2.43. The van der Waals surface area contributed by atoms with Gasteiger partial charge in [0.2, 0.25) is 0 Å². The van der Waals surface area contributed by atoms with Gasteiger partial charge in [0.15, 0.2) is 0 Å². The van der Waals surface area contributed by atoms with Crippen LogP contribution in [0.5, 0.6) is 5.75 Å². The third-order valence-corrected chi connectivity index (χ3v) is 5.74. The maximum Gasteiger partial charge on any atom is 0.300 e. The summed E-state index contributed by atoms with van der Waals surface area (Å²) in [7, 11) is 0. The molecule has 1 aliphatic heterocycles. The fourth-order valence-electron chi connectivity index (χ4n) is 3.84. The Labute approximate surface area is 200 Å². The van der Waals surface area contributed by atoms with Crippen LogP contribution in [0.1, 0.15) is 29.7 Å². The third-order valence-electron chi connectivity index (χ3n) is 5.41. The molecule has 1 heterocycles. The number of carbonyl (C=O) groups excluding carboxylic acids is 2. The number of hydrogen-bond acceptors (Lipinski definition) is 5. The predicted molar refractivity (Wildman–Crippen MR) is 125 cm³/mol. The molecule has 0 bridgehead atoms. The van der Waals surface area contributed by atoms with E-state index in [2.05, 4.69) is 0 Å². The lowest BCUT2D eigenvalue weighted by Gasteiger charge is -2.25. The van der Waals surface area contributed by atoms with Crippen molar-refractivity contribution in [2.45, 2.75) is 13.0 Å². The monoisotopic (exact) mass is 476 g/mol. The van der Waals surface area contributed by atoms with Gasteiger partial charge in [-0.25, -0.2) is 4.39 Å². The number of anilines is 1. The van der Waals surface area contributed by atoms with E-state index in [0.717, 1.165) is 0 Å². The highest BCUT2D eigenvalue weighted by atomic mass is 35.5. The van der Waals surface area contributed by atoms with Crippen LogP contribution in [0.25, 0.3) is 5.76 Å². The van der Waals surface area contributed by atoms with Gasteiger partial charge >= 0.3 is 0 Å². The number of nitrogens with zero attached hydrogens (tertiary/aromatic N) is 2. The maximum atomic E-state index is 13.7. The van der Waals surface area contributed by atoms with Gasteiger partial charge in [-0.3, -0.25) is 14.5 Å². The SMILES string of the molecule is CCOc1ccc(Cl)c(/C(O)=C2\C(=O)C(=O)N(c3ccc(C#N)cc3)C2c2ccc(F)cc2)c1. The summed E-state index contributed by atoms with van der Waals surface area (Å²) in [5.41, 5.74) is 1.04. The number of nitriles is 1. The molecular weight excluding hydrogens is 459 g/mol. The Balaban J connectivity index is 1.94. The Morgan fingerprint density at radius 3 is 2.41 bits per heavy atom. The minimum absolute atomic E-state index is 0.123. The third kappa shape index (κ3) is 4.12. The molecule has 1 N–H and O–H groups in total. The topological polar surface area (TPSA) is 90.6 Å². The van der Waals surface area contributed by atoms with E-state index in [0.29, 0.717) is 29.2 Å². The molecule has 0 aromatic heterocycles. The Bertz CT molecular complexity index is 1340. The highest BCUT2D eigenvalue weighted by Gasteiger charge is 2.47. The second-order valence-electron chi connectivity index (χ2n) is 7.45. The number of halogens is 2. The lowest BCUT2D eigenvalue weighted by atomic mass is 9.95. The molecule has 0 spiro atoms. The number of hydrogen-bond donors (Lipinski definition) is 1. The van der Waals surface area contributed by atoms with E-state index in [1.165, 1.54) is 65.6 Å². The summed E-state index contributed by atoms with van der Waals surface area (Å²) in [4.78, 5) is 27.5. The summed E-state index contributed by atoms with van der Waals surface area (Å²) in [6.07, 6.45) is 0. The molecule has 4 rings (SSSR count). The average molecular weight is 477 g/mol. The first kappa shape index (κ1) is 23.0. The number of aliphatic hydroxyl groups excluding tert-OH is 1. The summed E-state index contributed by atoms with van der Waals surface area (Å²) in [5, 5.41) is 20.5. The summed E-state index contributed by atoms with van der Waals surface area (Å²) in [5.74, 6) is -2.35. The molecule has 1 amide bonds.